The molecule has 5 nitrogen and oxygen atoms in total. The highest BCUT2D eigenvalue weighted by molar-refractivity contribution is 5.51. The number of nitro benzene ring substituents is 1. The first-order valence-corrected chi connectivity index (χ1v) is 5.98. The van der Waals surface area contributed by atoms with Gasteiger partial charge in [-0.15, -0.1) is 0 Å². The predicted molar refractivity (Wildman–Crippen MR) is 70.2 cm³/mol. The number of aliphatic hydroxyl groups is 1. The van der Waals surface area contributed by atoms with Crippen LogP contribution < -0.4 is 4.74 Å². The highest BCUT2D eigenvalue weighted by atomic mass is 19.2. The van der Waals surface area contributed by atoms with Crippen molar-refractivity contribution in [3.05, 3.63) is 63.7 Å². The van der Waals surface area contributed by atoms with Crippen LogP contribution in [0.5, 0.6) is 11.5 Å². The zero-order chi connectivity index (χ0) is 15.6. The summed E-state index contributed by atoms with van der Waals surface area (Å²) in [4.78, 5) is 10.3. The molecule has 1 unspecified atom stereocenters. The Balaban J connectivity index is 2.39. The lowest BCUT2D eigenvalue weighted by Gasteiger charge is -2.09. The molecule has 0 amide bonds. The first-order chi connectivity index (χ1) is 9.88. The molecule has 110 valence electrons. The predicted octanol–water partition coefficient (Wildman–Crippen LogP) is 3.72. The maximum atomic E-state index is 13.1. The van der Waals surface area contributed by atoms with Crippen molar-refractivity contribution in [2.75, 3.05) is 0 Å². The second kappa shape index (κ2) is 5.84. The standard InChI is InChI=1S/C14H11F2NO4/c1-8(18)9-2-5-14(13(6-9)17(19)20)21-10-3-4-11(15)12(16)7-10/h2-8,18H,1H3. The van der Waals surface area contributed by atoms with Gasteiger partial charge in [0.2, 0.25) is 5.75 Å². The molecule has 0 saturated carbocycles. The Bertz CT molecular complexity index is 689. The van der Waals surface area contributed by atoms with E-state index < -0.39 is 22.7 Å². The lowest BCUT2D eigenvalue weighted by Crippen LogP contribution is -1.98. The van der Waals surface area contributed by atoms with E-state index in [0.717, 1.165) is 18.2 Å². The average Bonchev–Trinajstić information content (AvgIpc) is 2.43. The molecule has 0 aromatic heterocycles. The van der Waals surface area contributed by atoms with Crippen LogP contribution in [0.15, 0.2) is 36.4 Å². The molecule has 0 bridgehead atoms. The van der Waals surface area contributed by atoms with Crippen LogP contribution >= 0.6 is 0 Å². The van der Waals surface area contributed by atoms with Crippen molar-refractivity contribution in [2.24, 2.45) is 0 Å². The molecule has 7 heteroatoms. The minimum atomic E-state index is -1.12. The van der Waals surface area contributed by atoms with E-state index >= 15 is 0 Å². The van der Waals surface area contributed by atoms with Gasteiger partial charge in [-0.2, -0.15) is 0 Å². The van der Waals surface area contributed by atoms with Crippen LogP contribution in [-0.2, 0) is 0 Å². The zero-order valence-electron chi connectivity index (χ0n) is 10.9. The minimum Gasteiger partial charge on any atom is -0.450 e. The molecule has 1 N–H and O–H groups in total. The Hall–Kier alpha value is -2.54. The molecule has 2 aromatic rings. The van der Waals surface area contributed by atoms with Gasteiger partial charge < -0.3 is 9.84 Å². The van der Waals surface area contributed by atoms with Gasteiger partial charge in [0.1, 0.15) is 5.75 Å². The highest BCUT2D eigenvalue weighted by Gasteiger charge is 2.18. The fraction of sp³-hybridized carbons (Fsp3) is 0.143. The van der Waals surface area contributed by atoms with Gasteiger partial charge in [0.05, 0.1) is 11.0 Å². The molecule has 0 fully saturated rings. The Labute approximate surface area is 118 Å². The summed E-state index contributed by atoms with van der Waals surface area (Å²) in [6, 6.07) is 6.72. The Morgan fingerprint density at radius 1 is 1.19 bits per heavy atom. The second-order valence-electron chi connectivity index (χ2n) is 4.34. The summed E-state index contributed by atoms with van der Waals surface area (Å²) in [7, 11) is 0. The monoisotopic (exact) mass is 295 g/mol. The first kappa shape index (κ1) is 14.9. The highest BCUT2D eigenvalue weighted by Crippen LogP contribution is 2.34. The molecule has 0 aliphatic rings. The van der Waals surface area contributed by atoms with Gasteiger partial charge >= 0.3 is 5.69 Å². The maximum absolute atomic E-state index is 13.1. The van der Waals surface area contributed by atoms with Crippen molar-refractivity contribution in [3.8, 4) is 11.5 Å². The lowest BCUT2D eigenvalue weighted by atomic mass is 10.1. The van der Waals surface area contributed by atoms with Crippen LogP contribution in [0.25, 0.3) is 0 Å². The van der Waals surface area contributed by atoms with Crippen molar-refractivity contribution < 1.29 is 23.5 Å². The van der Waals surface area contributed by atoms with E-state index in [1.807, 2.05) is 0 Å². The second-order valence-corrected chi connectivity index (χ2v) is 4.34. The largest absolute Gasteiger partial charge is 0.450 e. The molecule has 0 radical (unpaired) electrons. The van der Waals surface area contributed by atoms with Gasteiger partial charge in [0.25, 0.3) is 0 Å². The molecule has 0 aliphatic carbocycles. The van der Waals surface area contributed by atoms with E-state index in [0.29, 0.717) is 5.56 Å². The number of nitrogens with zero attached hydrogens (tertiary/aromatic N) is 1. The van der Waals surface area contributed by atoms with Crippen LogP contribution in [0.2, 0.25) is 0 Å². The number of aliphatic hydroxyl groups excluding tert-OH is 1. The summed E-state index contributed by atoms with van der Waals surface area (Å²) in [6.45, 7) is 1.47. The summed E-state index contributed by atoms with van der Waals surface area (Å²) < 4.78 is 31.1. The molecule has 1 atom stereocenters. The third kappa shape index (κ3) is 3.32. The van der Waals surface area contributed by atoms with E-state index in [2.05, 4.69) is 0 Å². The van der Waals surface area contributed by atoms with Crippen molar-refractivity contribution in [3.63, 3.8) is 0 Å². The summed E-state index contributed by atoms with van der Waals surface area (Å²) in [5, 5.41) is 20.4. The molecule has 21 heavy (non-hydrogen) atoms. The van der Waals surface area contributed by atoms with Gasteiger partial charge in [-0.05, 0) is 30.7 Å². The quantitative estimate of drug-likeness (QED) is 0.689. The average molecular weight is 295 g/mol. The van der Waals surface area contributed by atoms with E-state index in [9.17, 15) is 24.0 Å². The van der Waals surface area contributed by atoms with Crippen molar-refractivity contribution in [2.45, 2.75) is 13.0 Å². The number of hydrogen-bond donors (Lipinski definition) is 1. The van der Waals surface area contributed by atoms with Gasteiger partial charge in [0, 0.05) is 12.1 Å². The maximum Gasteiger partial charge on any atom is 0.311 e. The molecule has 0 aliphatic heterocycles. The van der Waals surface area contributed by atoms with Crippen molar-refractivity contribution >= 4 is 5.69 Å². The molecule has 0 heterocycles. The van der Waals surface area contributed by atoms with Crippen LogP contribution in [0.3, 0.4) is 0 Å². The number of halogens is 2. The smallest absolute Gasteiger partial charge is 0.311 e. The van der Waals surface area contributed by atoms with Gasteiger partial charge in [-0.3, -0.25) is 10.1 Å². The summed E-state index contributed by atoms with van der Waals surface area (Å²) in [6.07, 6.45) is -0.874. The topological polar surface area (TPSA) is 72.6 Å². The van der Waals surface area contributed by atoms with E-state index in [1.54, 1.807) is 0 Å². The van der Waals surface area contributed by atoms with Gasteiger partial charge in [0.15, 0.2) is 11.6 Å². The van der Waals surface area contributed by atoms with Crippen LogP contribution in [0.4, 0.5) is 14.5 Å². The summed E-state index contributed by atoms with van der Waals surface area (Å²) >= 11 is 0. The number of ether oxygens (including phenoxy) is 1. The van der Waals surface area contributed by atoms with Gasteiger partial charge in [-0.25, -0.2) is 8.78 Å². The fourth-order valence-corrected chi connectivity index (χ4v) is 1.69. The molecule has 2 aromatic carbocycles. The number of rotatable bonds is 4. The Morgan fingerprint density at radius 2 is 1.90 bits per heavy atom. The number of benzene rings is 2. The zero-order valence-corrected chi connectivity index (χ0v) is 10.9. The van der Waals surface area contributed by atoms with Crippen LogP contribution in [0, 0.1) is 21.7 Å². The SMILES string of the molecule is CC(O)c1ccc(Oc2ccc(F)c(F)c2)c([N+](=O)[O-])c1. The number of hydrogen-bond acceptors (Lipinski definition) is 4. The molecule has 0 spiro atoms. The molecular formula is C14H11F2NO4. The molecule has 0 saturated heterocycles. The normalized spacial score (nSPS) is 12.0. The van der Waals surface area contributed by atoms with E-state index in [1.165, 1.54) is 25.1 Å². The molecule has 2 rings (SSSR count). The van der Waals surface area contributed by atoms with Crippen LogP contribution in [0.1, 0.15) is 18.6 Å². The minimum absolute atomic E-state index is 0.0678. The number of nitro groups is 1. The third-order valence-corrected chi connectivity index (χ3v) is 2.78. The summed E-state index contributed by atoms with van der Waals surface area (Å²) in [5.74, 6) is -2.35. The fourth-order valence-electron chi connectivity index (χ4n) is 1.69. The molecular weight excluding hydrogens is 284 g/mol. The van der Waals surface area contributed by atoms with Crippen molar-refractivity contribution in [1.29, 1.82) is 0 Å². The van der Waals surface area contributed by atoms with E-state index in [-0.39, 0.29) is 17.2 Å². The van der Waals surface area contributed by atoms with Gasteiger partial charge in [-0.1, -0.05) is 6.07 Å². The van der Waals surface area contributed by atoms with Crippen LogP contribution in [-0.4, -0.2) is 10.0 Å². The first-order valence-electron chi connectivity index (χ1n) is 5.98. The van der Waals surface area contributed by atoms with E-state index in [4.69, 9.17) is 4.74 Å². The van der Waals surface area contributed by atoms with Crippen molar-refractivity contribution in [1.82, 2.24) is 0 Å². The Kier molecular flexibility index (Phi) is 4.13. The lowest BCUT2D eigenvalue weighted by molar-refractivity contribution is -0.385. The Morgan fingerprint density at radius 3 is 2.48 bits per heavy atom. The summed E-state index contributed by atoms with van der Waals surface area (Å²) in [5.41, 5.74) is -0.0301. The third-order valence-electron chi connectivity index (χ3n) is 2.78.